The average molecular weight is 1590 g/mol. The minimum atomic E-state index is -2.10. The summed E-state index contributed by atoms with van der Waals surface area (Å²) in [5, 5.41) is 57.2. The molecule has 0 fully saturated rings. The van der Waals surface area contributed by atoms with Gasteiger partial charge >= 0.3 is 0 Å². The number of hydrogen-bond acceptors (Lipinski definition) is 30. The Morgan fingerprint density at radius 1 is 0.330 bits per heavy atom. The van der Waals surface area contributed by atoms with Crippen molar-refractivity contribution in [1.82, 2.24) is 0 Å². The minimum Gasteiger partial charge on any atom is -0.541 e. The second kappa shape index (κ2) is 46.0. The third-order valence-corrected chi connectivity index (χ3v) is 25.7. The van der Waals surface area contributed by atoms with Crippen LogP contribution in [-0.2, 0) is 4.84 Å². The van der Waals surface area contributed by atoms with E-state index in [1.54, 1.807) is 187 Å². The highest BCUT2D eigenvalue weighted by Crippen LogP contribution is 2.47. The summed E-state index contributed by atoms with van der Waals surface area (Å²) in [5.74, 6) is 9.63. The number of nitrogen functional groups attached to an aromatic ring is 1. The number of rotatable bonds is 29. The van der Waals surface area contributed by atoms with Gasteiger partial charge in [-0.2, -0.15) is 30.7 Å². The van der Waals surface area contributed by atoms with E-state index in [1.807, 2.05) is 12.1 Å². The number of para-hydroxylation sites is 2. The van der Waals surface area contributed by atoms with Crippen molar-refractivity contribution in [1.29, 1.82) is 0 Å². The average Bonchev–Trinajstić information content (AvgIpc) is 0.823. The number of phenolic OH excluding ortho intramolecular Hbond substituents is 3. The number of ether oxygens (including phenoxy) is 15. The van der Waals surface area contributed by atoms with Crippen LogP contribution in [0.2, 0.25) is 36.3 Å². The van der Waals surface area contributed by atoms with Crippen LogP contribution in [0.25, 0.3) is 0 Å². The first kappa shape index (κ1) is 94.4. The SMILES string of the molecule is CC(C)(C)[Si](C)(C)Oc1ccccc1O.CC(C)CCON=O.COc1cc(N)cc(OC)c1OC.COc1cc(N=Nc2ccc(O)c(O[Si](C)(C)C(C)(C)C)c2)cc(OC)c1OC.COc1ccc(N=Nc2cc(OC)c(OC)c(OC)c2)cc1O.COc1ccc(N=Nc2cc(OC)c(OC)c(OC)c2)cc1OC. The first-order valence-electron chi connectivity index (χ1n) is 34.8. The maximum atomic E-state index is 10.2. The molecular formula is C80H112N8O22Si2. The Morgan fingerprint density at radius 3 is 0.929 bits per heavy atom. The van der Waals surface area contributed by atoms with Crippen molar-refractivity contribution in [2.75, 3.05) is 119 Å². The molecule has 612 valence electrons. The second-order valence-corrected chi connectivity index (χ2v) is 36.5. The fourth-order valence-electron chi connectivity index (χ4n) is 8.82. The fraction of sp³-hybridized carbons (Fsp3) is 0.400. The molecule has 8 aromatic rings. The number of aromatic hydroxyl groups is 3. The van der Waals surface area contributed by atoms with Gasteiger partial charge in [-0.15, -0.1) is 4.91 Å². The molecule has 0 saturated carbocycles. The lowest BCUT2D eigenvalue weighted by Gasteiger charge is -2.36. The Hall–Kier alpha value is -11.8. The van der Waals surface area contributed by atoms with Crippen molar-refractivity contribution in [2.45, 2.75) is 98.1 Å². The zero-order valence-corrected chi connectivity index (χ0v) is 71.4. The van der Waals surface area contributed by atoms with E-state index in [9.17, 15) is 20.2 Å². The standard InChI is InChI=1S/C21H30N2O5Si.C17H20N2O5.C16H18N2O5.C12H20O2Si.C9H13NO3.C5H11NO2/c1-21(2,3)29(7,8)28-17-11-14(9-10-16(17)24)22-23-15-12-18(25-4)20(27-6)19(13-15)26-5;1-20-13-7-6-11(8-14(13)21-2)18-19-12-9-15(22-3)17(24-5)16(10-12)23-4;1-20-13-6-5-10(7-12(13)19)17-18-11-8-14(21-2)16(23-4)15(9-11)22-3;1-12(2,3)15(4,5)14-11-9-7-6-8-10(11)13;1-11-7-4-6(10)5-8(12-2)9(7)13-3;1-5(2)3-4-8-6-7/h9-13,24H,1-8H3;6-10H,1-5H3;5-9,19H,1-4H3;6-9,13H,1-5H3;4-5H,10H2,1-3H3;5H,3-4H2,1-2H3. The Balaban J connectivity index is 0.000000362. The molecule has 0 atom stereocenters. The molecule has 32 heteroatoms. The van der Waals surface area contributed by atoms with Crippen LogP contribution in [0.5, 0.6) is 115 Å². The molecule has 8 rings (SSSR count). The number of benzene rings is 8. The van der Waals surface area contributed by atoms with Crippen LogP contribution < -0.4 is 85.6 Å². The van der Waals surface area contributed by atoms with E-state index in [-0.39, 0.29) is 27.3 Å². The summed E-state index contributed by atoms with van der Waals surface area (Å²) in [7, 11) is 19.2. The lowest BCUT2D eigenvalue weighted by molar-refractivity contribution is 0.128. The van der Waals surface area contributed by atoms with Gasteiger partial charge in [0.1, 0.15) is 18.1 Å². The molecule has 0 aliphatic heterocycles. The van der Waals surface area contributed by atoms with Crippen LogP contribution >= 0.6 is 0 Å². The first-order chi connectivity index (χ1) is 53.0. The molecule has 0 spiro atoms. The number of azo groups is 3. The summed E-state index contributed by atoms with van der Waals surface area (Å²) in [5.41, 5.74) is 9.50. The quantitative estimate of drug-likeness (QED) is 0.00845. The molecule has 8 aromatic carbocycles. The van der Waals surface area contributed by atoms with Crippen molar-refractivity contribution in [3.05, 3.63) is 132 Å². The Kier molecular flexibility index (Phi) is 38.8. The molecule has 0 amide bonds. The smallest absolute Gasteiger partial charge is 0.250 e. The number of nitrogens with zero attached hydrogens (tertiary/aromatic N) is 7. The molecule has 0 aromatic heterocycles. The monoisotopic (exact) mass is 1590 g/mol. The number of nitrogens with two attached hydrogens (primary N) is 1. The van der Waals surface area contributed by atoms with Gasteiger partial charge in [-0.05, 0) is 97.1 Å². The third-order valence-electron chi connectivity index (χ3n) is 17.0. The minimum absolute atomic E-state index is 0.00570. The maximum absolute atomic E-state index is 10.2. The molecule has 0 unspecified atom stereocenters. The van der Waals surface area contributed by atoms with E-state index < -0.39 is 16.6 Å². The van der Waals surface area contributed by atoms with E-state index in [0.29, 0.717) is 150 Å². The predicted molar refractivity (Wildman–Crippen MR) is 439 cm³/mol. The van der Waals surface area contributed by atoms with E-state index in [4.69, 9.17) is 85.6 Å². The van der Waals surface area contributed by atoms with Gasteiger partial charge in [0.25, 0.3) is 16.6 Å². The number of phenols is 3. The summed E-state index contributed by atoms with van der Waals surface area (Å²) < 4.78 is 90.5. The summed E-state index contributed by atoms with van der Waals surface area (Å²) in [6, 6.07) is 35.7. The van der Waals surface area contributed by atoms with Crippen LogP contribution in [0.1, 0.15) is 61.8 Å². The van der Waals surface area contributed by atoms with Crippen molar-refractivity contribution >= 4 is 56.4 Å². The molecule has 0 aliphatic carbocycles. The Labute approximate surface area is 659 Å². The van der Waals surface area contributed by atoms with E-state index in [0.717, 1.165) is 6.42 Å². The largest absolute Gasteiger partial charge is 0.541 e. The molecular weight excluding hydrogens is 1480 g/mol. The van der Waals surface area contributed by atoms with Gasteiger partial charge in [0.15, 0.2) is 85.8 Å². The van der Waals surface area contributed by atoms with Crippen molar-refractivity contribution in [3.8, 4) is 115 Å². The molecule has 30 nitrogen and oxygen atoms in total. The highest BCUT2D eigenvalue weighted by atomic mass is 28.4. The normalized spacial score (nSPS) is 11.0. The lowest BCUT2D eigenvalue weighted by atomic mass is 10.1. The van der Waals surface area contributed by atoms with Crippen LogP contribution in [0.4, 0.5) is 39.8 Å². The highest BCUT2D eigenvalue weighted by molar-refractivity contribution is 6.75. The van der Waals surface area contributed by atoms with Gasteiger partial charge in [-0.3, -0.25) is 0 Å². The number of methoxy groups -OCH3 is 15. The lowest BCUT2D eigenvalue weighted by Crippen LogP contribution is -2.43. The van der Waals surface area contributed by atoms with Crippen molar-refractivity contribution in [3.63, 3.8) is 0 Å². The van der Waals surface area contributed by atoms with Gasteiger partial charge in [0.2, 0.25) is 23.0 Å². The van der Waals surface area contributed by atoms with Crippen LogP contribution in [0, 0.1) is 10.8 Å². The predicted octanol–water partition coefficient (Wildman–Crippen LogP) is 21.0. The molecule has 0 bridgehead atoms. The summed E-state index contributed by atoms with van der Waals surface area (Å²) in [6.45, 7) is 26.1. The van der Waals surface area contributed by atoms with Crippen molar-refractivity contribution < 1.29 is 100 Å². The van der Waals surface area contributed by atoms with Gasteiger partial charge < -0.3 is 106 Å². The number of hydrogen-bond donors (Lipinski definition) is 4. The maximum Gasteiger partial charge on any atom is 0.250 e. The zero-order valence-electron chi connectivity index (χ0n) is 69.4. The highest BCUT2D eigenvalue weighted by Gasteiger charge is 2.40. The summed E-state index contributed by atoms with van der Waals surface area (Å²) >= 11 is 0. The zero-order chi connectivity index (χ0) is 84.1. The van der Waals surface area contributed by atoms with Gasteiger partial charge in [-0.1, -0.05) is 67.5 Å². The topological polar surface area (TPSA) is 356 Å². The molecule has 5 N–H and O–H groups in total. The molecule has 0 radical (unpaired) electrons. The molecule has 0 aliphatic rings. The molecule has 112 heavy (non-hydrogen) atoms. The van der Waals surface area contributed by atoms with E-state index in [2.05, 4.69) is 122 Å². The Morgan fingerprint density at radius 2 is 0.616 bits per heavy atom. The number of anilines is 1. The fourth-order valence-corrected chi connectivity index (χ4v) is 10.9. The molecule has 0 heterocycles. The van der Waals surface area contributed by atoms with Crippen molar-refractivity contribution in [2.24, 2.45) is 41.9 Å². The third kappa shape index (κ3) is 28.6. The van der Waals surface area contributed by atoms with Gasteiger partial charge in [0, 0.05) is 72.4 Å². The van der Waals surface area contributed by atoms with E-state index >= 15 is 0 Å². The van der Waals surface area contributed by atoms with Crippen LogP contribution in [0.3, 0.4) is 0 Å². The van der Waals surface area contributed by atoms with E-state index in [1.165, 1.54) is 34.5 Å². The van der Waals surface area contributed by atoms with Crippen LogP contribution in [0.15, 0.2) is 163 Å². The first-order valence-corrected chi connectivity index (χ1v) is 40.6. The van der Waals surface area contributed by atoms with Gasteiger partial charge in [0.05, 0.1) is 141 Å². The second-order valence-electron chi connectivity index (χ2n) is 27.0. The summed E-state index contributed by atoms with van der Waals surface area (Å²) in [4.78, 5) is 13.5. The van der Waals surface area contributed by atoms with Gasteiger partial charge in [-0.25, -0.2) is 0 Å². The summed E-state index contributed by atoms with van der Waals surface area (Å²) in [6.07, 6.45) is 0.895. The Bertz CT molecular complexity index is 4240. The molecule has 0 saturated heterocycles. The van der Waals surface area contributed by atoms with Crippen LogP contribution in [-0.4, -0.2) is 145 Å².